The monoisotopic (exact) mass is 324 g/mol. The molecule has 0 radical (unpaired) electrons. The van der Waals surface area contributed by atoms with E-state index in [2.05, 4.69) is 4.74 Å². The highest BCUT2D eigenvalue weighted by atomic mass is 28.4. The van der Waals surface area contributed by atoms with Crippen molar-refractivity contribution in [3.05, 3.63) is 41.1 Å². The van der Waals surface area contributed by atoms with Crippen LogP contribution in [0.4, 0.5) is 0 Å². The summed E-state index contributed by atoms with van der Waals surface area (Å²) in [6.45, 7) is 7.32. The van der Waals surface area contributed by atoms with E-state index in [1.165, 1.54) is 7.11 Å². The Balaban J connectivity index is 2.91. The molecule has 1 aromatic rings. The molecule has 0 fully saturated rings. The minimum Gasteiger partial charge on any atom is -0.465 e. The fraction of sp³-hybridized carbons (Fsp3) is 0.438. The molecule has 0 aliphatic carbocycles. The van der Waals surface area contributed by atoms with Crippen LogP contribution < -0.4 is 0 Å². The molecule has 122 valence electrons. The van der Waals surface area contributed by atoms with Crippen molar-refractivity contribution in [2.45, 2.75) is 20.8 Å². The number of ether oxygens (including phenoxy) is 1. The predicted molar refractivity (Wildman–Crippen MR) is 87.4 cm³/mol. The van der Waals surface area contributed by atoms with Gasteiger partial charge in [0.25, 0.3) is 0 Å². The van der Waals surface area contributed by atoms with E-state index in [9.17, 15) is 4.79 Å². The molecule has 5 nitrogen and oxygen atoms in total. The Labute approximate surface area is 133 Å². The Bertz CT molecular complexity index is 467. The largest absolute Gasteiger partial charge is 0.529 e. The van der Waals surface area contributed by atoms with Crippen LogP contribution in [0.1, 0.15) is 36.7 Å². The van der Waals surface area contributed by atoms with Crippen LogP contribution in [0.25, 0.3) is 6.08 Å². The number of methoxy groups -OCH3 is 1. The Morgan fingerprint density at radius 2 is 1.50 bits per heavy atom. The van der Waals surface area contributed by atoms with Gasteiger partial charge in [0.1, 0.15) is 0 Å². The van der Waals surface area contributed by atoms with Crippen LogP contribution in [-0.2, 0) is 18.0 Å². The van der Waals surface area contributed by atoms with Crippen LogP contribution in [0.2, 0.25) is 0 Å². The number of carbonyl (C=O) groups is 1. The zero-order chi connectivity index (χ0) is 16.4. The third-order valence-corrected chi connectivity index (χ3v) is 5.50. The van der Waals surface area contributed by atoms with E-state index in [1.54, 1.807) is 12.1 Å². The number of carbonyl (C=O) groups excluding carboxylic acids is 1. The maximum absolute atomic E-state index is 11.4. The normalized spacial score (nSPS) is 11.8. The molecule has 0 saturated heterocycles. The summed E-state index contributed by atoms with van der Waals surface area (Å²) in [6, 6.07) is 7.12. The van der Waals surface area contributed by atoms with Gasteiger partial charge in [0.2, 0.25) is 0 Å². The molecule has 0 spiro atoms. The second-order valence-corrected chi connectivity index (χ2v) is 6.76. The molecular formula is C16H24O5Si. The van der Waals surface area contributed by atoms with Crippen molar-refractivity contribution in [2.24, 2.45) is 0 Å². The molecule has 0 bridgehead atoms. The summed E-state index contributed by atoms with van der Waals surface area (Å²) in [5.74, 6) is -0.350. The molecule has 0 aliphatic heterocycles. The number of esters is 1. The molecule has 1 rings (SSSR count). The Hall–Kier alpha value is -1.47. The first-order chi connectivity index (χ1) is 10.6. The molecule has 22 heavy (non-hydrogen) atoms. The summed E-state index contributed by atoms with van der Waals surface area (Å²) >= 11 is 0. The Morgan fingerprint density at radius 3 is 1.91 bits per heavy atom. The average molecular weight is 324 g/mol. The Morgan fingerprint density at radius 1 is 1.00 bits per heavy atom. The zero-order valence-electron chi connectivity index (χ0n) is 13.6. The van der Waals surface area contributed by atoms with Gasteiger partial charge in [-0.15, -0.1) is 0 Å². The number of benzene rings is 1. The minimum atomic E-state index is -2.79. The summed E-state index contributed by atoms with van der Waals surface area (Å²) in [5, 5.41) is 0. The van der Waals surface area contributed by atoms with Crippen molar-refractivity contribution in [3.8, 4) is 0 Å². The standard InChI is InChI=1S/C16H24O5Si/c1-5-19-22(20-6-2,21-7-3)13-12-14-8-10-15(11-9-14)16(17)18-4/h8-13H,5-7H2,1-4H3/b13-12+. The molecule has 0 aliphatic rings. The molecule has 0 atom stereocenters. The zero-order valence-corrected chi connectivity index (χ0v) is 14.6. The first kappa shape index (κ1) is 18.6. The highest BCUT2D eigenvalue weighted by Crippen LogP contribution is 2.15. The second kappa shape index (κ2) is 9.53. The van der Waals surface area contributed by atoms with Gasteiger partial charge >= 0.3 is 14.8 Å². The van der Waals surface area contributed by atoms with E-state index < -0.39 is 8.80 Å². The van der Waals surface area contributed by atoms with E-state index in [4.69, 9.17) is 13.3 Å². The van der Waals surface area contributed by atoms with Crippen molar-refractivity contribution in [1.29, 1.82) is 0 Å². The molecule has 0 amide bonds. The maximum atomic E-state index is 11.4. The average Bonchev–Trinajstić information content (AvgIpc) is 2.53. The number of hydrogen-bond acceptors (Lipinski definition) is 5. The smallest absolute Gasteiger partial charge is 0.465 e. The van der Waals surface area contributed by atoms with Crippen LogP contribution in [0, 0.1) is 0 Å². The molecule has 0 saturated carbocycles. The van der Waals surface area contributed by atoms with Crippen molar-refractivity contribution in [3.63, 3.8) is 0 Å². The van der Waals surface area contributed by atoms with E-state index in [1.807, 2.05) is 44.7 Å². The van der Waals surface area contributed by atoms with Gasteiger partial charge in [-0.05, 0) is 44.2 Å². The lowest BCUT2D eigenvalue weighted by atomic mass is 10.1. The summed E-state index contributed by atoms with van der Waals surface area (Å²) in [6.07, 6.45) is 1.90. The lowest BCUT2D eigenvalue weighted by molar-refractivity contribution is 0.0600. The molecule has 0 aromatic heterocycles. The lowest BCUT2D eigenvalue weighted by Gasteiger charge is -2.25. The van der Waals surface area contributed by atoms with Gasteiger partial charge in [-0.2, -0.15) is 0 Å². The van der Waals surface area contributed by atoms with Gasteiger partial charge in [-0.3, -0.25) is 0 Å². The van der Waals surface area contributed by atoms with Crippen LogP contribution in [0.5, 0.6) is 0 Å². The van der Waals surface area contributed by atoms with Crippen molar-refractivity contribution in [1.82, 2.24) is 0 Å². The molecule has 6 heteroatoms. The van der Waals surface area contributed by atoms with Gasteiger partial charge < -0.3 is 18.0 Å². The third kappa shape index (κ3) is 5.38. The van der Waals surface area contributed by atoms with Crippen molar-refractivity contribution < 1.29 is 22.8 Å². The SMILES string of the molecule is CCO[Si](/C=C/c1ccc(C(=O)OC)cc1)(OCC)OCC. The molecule has 0 N–H and O–H groups in total. The molecular weight excluding hydrogens is 300 g/mol. The highest BCUT2D eigenvalue weighted by molar-refractivity contribution is 6.67. The summed E-state index contributed by atoms with van der Waals surface area (Å²) in [4.78, 5) is 11.4. The summed E-state index contributed by atoms with van der Waals surface area (Å²) < 4.78 is 21.9. The van der Waals surface area contributed by atoms with Crippen LogP contribution in [0.3, 0.4) is 0 Å². The molecule has 0 unspecified atom stereocenters. The third-order valence-electron chi connectivity index (χ3n) is 2.85. The van der Waals surface area contributed by atoms with Gasteiger partial charge in [0.05, 0.1) is 12.7 Å². The first-order valence-electron chi connectivity index (χ1n) is 7.40. The van der Waals surface area contributed by atoms with Crippen molar-refractivity contribution in [2.75, 3.05) is 26.9 Å². The van der Waals surface area contributed by atoms with Crippen molar-refractivity contribution >= 4 is 20.8 Å². The Kier molecular flexibility index (Phi) is 8.04. The second-order valence-electron chi connectivity index (χ2n) is 4.35. The summed E-state index contributed by atoms with van der Waals surface area (Å²) in [7, 11) is -1.43. The van der Waals surface area contributed by atoms with E-state index in [0.717, 1.165) is 5.56 Å². The van der Waals surface area contributed by atoms with E-state index in [-0.39, 0.29) is 5.97 Å². The number of hydrogen-bond donors (Lipinski definition) is 0. The first-order valence-corrected chi connectivity index (χ1v) is 9.20. The topological polar surface area (TPSA) is 54.0 Å². The van der Waals surface area contributed by atoms with Crippen LogP contribution in [0.15, 0.2) is 30.0 Å². The van der Waals surface area contributed by atoms with E-state index >= 15 is 0 Å². The fourth-order valence-corrected chi connectivity index (χ4v) is 4.06. The van der Waals surface area contributed by atoms with Gasteiger partial charge in [0.15, 0.2) is 0 Å². The van der Waals surface area contributed by atoms with Crippen LogP contribution in [-0.4, -0.2) is 41.7 Å². The number of rotatable bonds is 9. The summed E-state index contributed by atoms with van der Waals surface area (Å²) in [5.41, 5.74) is 3.32. The van der Waals surface area contributed by atoms with Gasteiger partial charge in [0, 0.05) is 19.8 Å². The fourth-order valence-electron chi connectivity index (χ4n) is 1.92. The van der Waals surface area contributed by atoms with Crippen LogP contribution >= 0.6 is 0 Å². The molecule has 0 heterocycles. The maximum Gasteiger partial charge on any atom is 0.529 e. The predicted octanol–water partition coefficient (Wildman–Crippen LogP) is 3.07. The van der Waals surface area contributed by atoms with Gasteiger partial charge in [-0.25, -0.2) is 4.79 Å². The minimum absolute atomic E-state index is 0.350. The lowest BCUT2D eigenvalue weighted by Crippen LogP contribution is -2.44. The molecule has 1 aromatic carbocycles. The highest BCUT2D eigenvalue weighted by Gasteiger charge is 2.37. The quantitative estimate of drug-likeness (QED) is 0.516. The van der Waals surface area contributed by atoms with E-state index in [0.29, 0.717) is 25.4 Å². The van der Waals surface area contributed by atoms with Gasteiger partial charge in [-0.1, -0.05) is 18.2 Å².